The van der Waals surface area contributed by atoms with E-state index in [1.165, 1.54) is 0 Å². The number of carbonyl (C=O) groups is 1. The Morgan fingerprint density at radius 3 is 2.50 bits per heavy atom. The van der Waals surface area contributed by atoms with Gasteiger partial charge in [-0.2, -0.15) is 0 Å². The first kappa shape index (κ1) is 11.0. The lowest BCUT2D eigenvalue weighted by molar-refractivity contribution is -0.148. The van der Waals surface area contributed by atoms with Crippen molar-refractivity contribution in [1.29, 1.82) is 0 Å². The molecule has 0 aromatic heterocycles. The molecule has 12 heavy (non-hydrogen) atoms. The molecule has 0 aliphatic heterocycles. The smallest absolute Gasteiger partial charge is 0.310 e. The lowest BCUT2D eigenvalue weighted by Crippen LogP contribution is -2.22. The Bertz CT molecular complexity index is 177. The van der Waals surface area contributed by atoms with E-state index in [2.05, 4.69) is 5.92 Å². The first-order valence-corrected chi connectivity index (χ1v) is 4.23. The molecule has 1 atom stereocenters. The Kier molecular flexibility index (Phi) is 5.19. The maximum Gasteiger partial charge on any atom is 0.310 e. The van der Waals surface area contributed by atoms with Crippen molar-refractivity contribution in [2.24, 2.45) is 11.8 Å². The van der Waals surface area contributed by atoms with Crippen molar-refractivity contribution in [1.82, 2.24) is 0 Å². The summed E-state index contributed by atoms with van der Waals surface area (Å²) in [6.07, 6.45) is 5.77. The van der Waals surface area contributed by atoms with E-state index < -0.39 is 0 Å². The second kappa shape index (κ2) is 5.65. The van der Waals surface area contributed by atoms with Gasteiger partial charge in [0.15, 0.2) is 6.61 Å². The van der Waals surface area contributed by atoms with E-state index in [9.17, 15) is 4.79 Å². The van der Waals surface area contributed by atoms with Crippen LogP contribution in [0.1, 0.15) is 27.2 Å². The average molecular weight is 168 g/mol. The molecular formula is C10H16O2. The van der Waals surface area contributed by atoms with Crippen LogP contribution in [0.15, 0.2) is 0 Å². The topological polar surface area (TPSA) is 26.3 Å². The van der Waals surface area contributed by atoms with Gasteiger partial charge in [0.1, 0.15) is 0 Å². The summed E-state index contributed by atoms with van der Waals surface area (Å²) in [6.45, 7) is 6.07. The molecule has 0 rings (SSSR count). The summed E-state index contributed by atoms with van der Waals surface area (Å²) >= 11 is 0. The average Bonchev–Trinajstić information content (AvgIpc) is 2.01. The molecule has 68 valence electrons. The number of esters is 1. The zero-order valence-corrected chi connectivity index (χ0v) is 7.96. The molecule has 0 aliphatic rings. The summed E-state index contributed by atoms with van der Waals surface area (Å²) in [5.74, 6) is 2.40. The van der Waals surface area contributed by atoms with Gasteiger partial charge < -0.3 is 4.74 Å². The Morgan fingerprint density at radius 1 is 1.58 bits per heavy atom. The quantitative estimate of drug-likeness (QED) is 0.473. The first-order valence-electron chi connectivity index (χ1n) is 4.23. The van der Waals surface area contributed by atoms with E-state index >= 15 is 0 Å². The van der Waals surface area contributed by atoms with Gasteiger partial charge in [-0.3, -0.25) is 4.79 Å². The fraction of sp³-hybridized carbons (Fsp3) is 0.700. The van der Waals surface area contributed by atoms with Gasteiger partial charge in [0, 0.05) is 0 Å². The first-order chi connectivity index (χ1) is 5.63. The van der Waals surface area contributed by atoms with Crippen LogP contribution in [0.5, 0.6) is 0 Å². The van der Waals surface area contributed by atoms with Crippen LogP contribution >= 0.6 is 0 Å². The zero-order chi connectivity index (χ0) is 9.56. The summed E-state index contributed by atoms with van der Waals surface area (Å²) in [7, 11) is 0. The Hall–Kier alpha value is -0.970. The number of carbonyl (C=O) groups excluding carboxylic acids is 1. The van der Waals surface area contributed by atoms with Crippen molar-refractivity contribution in [2.45, 2.75) is 27.2 Å². The highest BCUT2D eigenvalue weighted by atomic mass is 16.5. The van der Waals surface area contributed by atoms with Gasteiger partial charge in [0.05, 0.1) is 5.92 Å². The molecule has 0 aromatic carbocycles. The maximum atomic E-state index is 11.3. The second-order valence-electron chi connectivity index (χ2n) is 3.07. The third-order valence-corrected chi connectivity index (χ3v) is 1.85. The molecule has 1 unspecified atom stereocenters. The van der Waals surface area contributed by atoms with Crippen LogP contribution in [0.3, 0.4) is 0 Å². The largest absolute Gasteiger partial charge is 0.452 e. The van der Waals surface area contributed by atoms with Crippen molar-refractivity contribution in [2.75, 3.05) is 6.61 Å². The molecule has 0 heterocycles. The number of hydrogen-bond donors (Lipinski definition) is 0. The van der Waals surface area contributed by atoms with Gasteiger partial charge in [0.2, 0.25) is 0 Å². The van der Waals surface area contributed by atoms with Crippen LogP contribution in [0, 0.1) is 24.2 Å². The molecule has 0 saturated carbocycles. The fourth-order valence-corrected chi connectivity index (χ4v) is 1.13. The van der Waals surface area contributed by atoms with E-state index in [0.717, 1.165) is 6.42 Å². The van der Waals surface area contributed by atoms with Gasteiger partial charge in [-0.1, -0.05) is 26.7 Å². The minimum atomic E-state index is -0.176. The van der Waals surface area contributed by atoms with Crippen LogP contribution in [0.25, 0.3) is 0 Å². The lowest BCUT2D eigenvalue weighted by atomic mass is 9.94. The molecular weight excluding hydrogens is 152 g/mol. The summed E-state index contributed by atoms with van der Waals surface area (Å²) in [5, 5.41) is 0. The highest BCUT2D eigenvalue weighted by Gasteiger charge is 2.20. The van der Waals surface area contributed by atoms with E-state index in [0.29, 0.717) is 5.92 Å². The highest BCUT2D eigenvalue weighted by Crippen LogP contribution is 2.16. The molecule has 0 spiro atoms. The summed E-state index contributed by atoms with van der Waals surface area (Å²) < 4.78 is 4.83. The molecule has 0 fully saturated rings. The number of rotatable bonds is 4. The van der Waals surface area contributed by atoms with Crippen LogP contribution in [-0.2, 0) is 9.53 Å². The van der Waals surface area contributed by atoms with Gasteiger partial charge in [0.25, 0.3) is 0 Å². The van der Waals surface area contributed by atoms with Gasteiger partial charge >= 0.3 is 5.97 Å². The van der Waals surface area contributed by atoms with Crippen LogP contribution in [0.4, 0.5) is 0 Å². The van der Waals surface area contributed by atoms with Crippen molar-refractivity contribution in [3.8, 4) is 12.3 Å². The van der Waals surface area contributed by atoms with Gasteiger partial charge in [-0.05, 0) is 12.3 Å². The molecule has 2 heteroatoms. The fourth-order valence-electron chi connectivity index (χ4n) is 1.13. The zero-order valence-electron chi connectivity index (χ0n) is 7.96. The number of terminal acetylenes is 1. The van der Waals surface area contributed by atoms with Crippen molar-refractivity contribution < 1.29 is 9.53 Å². The highest BCUT2D eigenvalue weighted by molar-refractivity contribution is 5.72. The second-order valence-corrected chi connectivity index (χ2v) is 3.07. The summed E-state index contributed by atoms with van der Waals surface area (Å²) in [5.41, 5.74) is 0. The Balaban J connectivity index is 3.96. The Labute approximate surface area is 74.3 Å². The van der Waals surface area contributed by atoms with E-state index in [1.807, 2.05) is 20.8 Å². The van der Waals surface area contributed by atoms with E-state index in [4.69, 9.17) is 11.2 Å². The number of ether oxygens (including phenoxy) is 1. The minimum absolute atomic E-state index is 0.0154. The molecule has 0 aliphatic carbocycles. The van der Waals surface area contributed by atoms with E-state index in [1.54, 1.807) is 0 Å². The van der Waals surface area contributed by atoms with Crippen LogP contribution in [0.2, 0.25) is 0 Å². The van der Waals surface area contributed by atoms with Crippen LogP contribution in [-0.4, -0.2) is 12.6 Å². The lowest BCUT2D eigenvalue weighted by Gasteiger charge is -2.16. The maximum absolute atomic E-state index is 11.3. The van der Waals surface area contributed by atoms with Crippen molar-refractivity contribution in [3.05, 3.63) is 0 Å². The summed E-state index contributed by atoms with van der Waals surface area (Å²) in [6, 6.07) is 0. The van der Waals surface area contributed by atoms with E-state index in [-0.39, 0.29) is 18.5 Å². The summed E-state index contributed by atoms with van der Waals surface area (Å²) in [4.78, 5) is 11.3. The normalized spacial score (nSPS) is 12.2. The third-order valence-electron chi connectivity index (χ3n) is 1.85. The molecule has 0 aromatic rings. The molecule has 0 bridgehead atoms. The SMILES string of the molecule is C#CCOC(=O)C(CC)C(C)C. The molecule has 0 radical (unpaired) electrons. The van der Waals surface area contributed by atoms with Gasteiger partial charge in [-0.15, -0.1) is 6.42 Å². The predicted octanol–water partition coefficient (Wildman–Crippen LogP) is 1.84. The van der Waals surface area contributed by atoms with Gasteiger partial charge in [-0.25, -0.2) is 0 Å². The monoisotopic (exact) mass is 168 g/mol. The standard InChI is InChI=1S/C10H16O2/c1-5-7-12-10(11)9(6-2)8(3)4/h1,8-9H,6-7H2,2-4H3. The number of hydrogen-bond acceptors (Lipinski definition) is 2. The molecule has 0 N–H and O–H groups in total. The van der Waals surface area contributed by atoms with Crippen molar-refractivity contribution in [3.63, 3.8) is 0 Å². The minimum Gasteiger partial charge on any atom is -0.452 e. The Morgan fingerprint density at radius 2 is 2.17 bits per heavy atom. The third kappa shape index (κ3) is 3.43. The predicted molar refractivity (Wildman–Crippen MR) is 48.4 cm³/mol. The van der Waals surface area contributed by atoms with Crippen LogP contribution < -0.4 is 0 Å². The molecule has 0 saturated heterocycles. The van der Waals surface area contributed by atoms with Crippen molar-refractivity contribution >= 4 is 5.97 Å². The molecule has 0 amide bonds. The molecule has 2 nitrogen and oxygen atoms in total.